The van der Waals surface area contributed by atoms with E-state index in [9.17, 15) is 4.79 Å². The van der Waals surface area contributed by atoms with Crippen molar-refractivity contribution >= 4 is 29.2 Å². The maximum Gasteiger partial charge on any atom is 0.339 e. The first-order chi connectivity index (χ1) is 10.6. The summed E-state index contributed by atoms with van der Waals surface area (Å²) in [5.41, 5.74) is 0.885. The zero-order valence-corrected chi connectivity index (χ0v) is 13.4. The molecule has 0 bridgehead atoms. The van der Waals surface area contributed by atoms with Crippen molar-refractivity contribution in [1.29, 1.82) is 0 Å². The highest BCUT2D eigenvalue weighted by Crippen LogP contribution is 2.52. The van der Waals surface area contributed by atoms with Gasteiger partial charge in [-0.15, -0.1) is 0 Å². The number of hydrogen-bond donors (Lipinski definition) is 0. The molecule has 0 N–H and O–H groups in total. The van der Waals surface area contributed by atoms with Crippen LogP contribution in [0, 0.1) is 0 Å². The molecular weight excluding hydrogens is 323 g/mol. The van der Waals surface area contributed by atoms with Gasteiger partial charge in [0.1, 0.15) is 0 Å². The Kier molecular flexibility index (Phi) is 4.13. The van der Waals surface area contributed by atoms with Crippen LogP contribution in [0.2, 0.25) is 10.0 Å². The highest BCUT2D eigenvalue weighted by molar-refractivity contribution is 6.30. The van der Waals surface area contributed by atoms with Gasteiger partial charge in [0.25, 0.3) is 0 Å². The minimum Gasteiger partial charge on any atom is -0.464 e. The lowest BCUT2D eigenvalue weighted by Gasteiger charge is -2.14. The quantitative estimate of drug-likeness (QED) is 0.620. The Hall–Kier alpha value is -1.55. The largest absolute Gasteiger partial charge is 0.464 e. The van der Waals surface area contributed by atoms with Crippen molar-refractivity contribution in [3.63, 3.8) is 0 Å². The third-order valence-electron chi connectivity index (χ3n) is 3.66. The monoisotopic (exact) mass is 336 g/mol. The van der Waals surface area contributed by atoms with Crippen LogP contribution in [-0.4, -0.2) is 18.7 Å². The molecule has 1 saturated heterocycles. The van der Waals surface area contributed by atoms with Crippen molar-refractivity contribution in [2.45, 2.75) is 18.6 Å². The smallest absolute Gasteiger partial charge is 0.339 e. The lowest BCUT2D eigenvalue weighted by atomic mass is 9.88. The van der Waals surface area contributed by atoms with Crippen molar-refractivity contribution in [2.75, 3.05) is 6.61 Å². The van der Waals surface area contributed by atoms with Crippen molar-refractivity contribution in [1.82, 2.24) is 0 Å². The van der Waals surface area contributed by atoms with E-state index in [1.165, 1.54) is 0 Å². The van der Waals surface area contributed by atoms with Gasteiger partial charge in [0, 0.05) is 10.0 Å². The number of hydrogen-bond acceptors (Lipinski definition) is 3. The molecule has 1 fully saturated rings. The fraction of sp³-hybridized carbons (Fsp3) is 0.235. The molecule has 0 radical (unpaired) electrons. The third kappa shape index (κ3) is 2.60. The lowest BCUT2D eigenvalue weighted by Crippen LogP contribution is -2.22. The Morgan fingerprint density at radius 2 is 1.50 bits per heavy atom. The molecule has 1 aliphatic heterocycles. The third-order valence-corrected chi connectivity index (χ3v) is 4.17. The molecule has 22 heavy (non-hydrogen) atoms. The molecule has 0 aromatic heterocycles. The molecular formula is C17H14Cl2O3. The Labute approximate surface area is 138 Å². The van der Waals surface area contributed by atoms with E-state index in [1.54, 1.807) is 31.2 Å². The van der Waals surface area contributed by atoms with Gasteiger partial charge in [-0.05, 0) is 42.3 Å². The number of carbonyl (C=O) groups excluding carboxylic acids is 1. The van der Waals surface area contributed by atoms with Crippen LogP contribution in [0.5, 0.6) is 0 Å². The normalized spacial score (nSPS) is 18.8. The van der Waals surface area contributed by atoms with Crippen molar-refractivity contribution in [3.05, 3.63) is 69.7 Å². The number of rotatable bonds is 4. The molecule has 1 aliphatic rings. The zero-order valence-electron chi connectivity index (χ0n) is 11.9. The molecule has 0 saturated carbocycles. The van der Waals surface area contributed by atoms with Crippen LogP contribution in [0.1, 0.15) is 18.1 Å². The van der Waals surface area contributed by atoms with Gasteiger partial charge in [-0.25, -0.2) is 4.79 Å². The average Bonchev–Trinajstić information content (AvgIpc) is 3.26. The van der Waals surface area contributed by atoms with E-state index >= 15 is 0 Å². The minimum absolute atomic E-state index is 0.315. The van der Waals surface area contributed by atoms with Crippen molar-refractivity contribution in [3.8, 4) is 0 Å². The topological polar surface area (TPSA) is 38.8 Å². The Bertz CT molecular complexity index is 635. The summed E-state index contributed by atoms with van der Waals surface area (Å²) in [6, 6.07) is 14.5. The predicted molar refractivity (Wildman–Crippen MR) is 85.2 cm³/mol. The standard InChI is InChI=1S/C17H14Cl2O3/c1-2-21-16(20)15-17(22-15,11-3-7-13(18)8-4-11)12-5-9-14(19)10-6-12/h3-10,15H,2H2,1H3/t15-/m0/s1. The van der Waals surface area contributed by atoms with Crippen LogP contribution in [-0.2, 0) is 19.9 Å². The summed E-state index contributed by atoms with van der Waals surface area (Å²) in [6.07, 6.45) is -0.658. The number of epoxide rings is 1. The molecule has 0 spiro atoms. The number of carbonyl (C=O) groups is 1. The van der Waals surface area contributed by atoms with Crippen molar-refractivity contribution < 1.29 is 14.3 Å². The SMILES string of the molecule is CCOC(=O)[C@@H]1OC1(c1ccc(Cl)cc1)c1ccc(Cl)cc1. The molecule has 1 heterocycles. The van der Waals surface area contributed by atoms with Crippen LogP contribution >= 0.6 is 23.2 Å². The summed E-state index contributed by atoms with van der Waals surface area (Å²) in [7, 11) is 0. The van der Waals surface area contributed by atoms with Crippen LogP contribution < -0.4 is 0 Å². The van der Waals surface area contributed by atoms with E-state index in [2.05, 4.69) is 0 Å². The van der Waals surface area contributed by atoms with Crippen LogP contribution in [0.15, 0.2) is 48.5 Å². The van der Waals surface area contributed by atoms with E-state index < -0.39 is 11.7 Å². The summed E-state index contributed by atoms with van der Waals surface area (Å²) in [5.74, 6) is -0.368. The molecule has 3 rings (SSSR count). The molecule has 114 valence electrons. The van der Waals surface area contributed by atoms with Gasteiger partial charge in [0.15, 0.2) is 11.7 Å². The summed E-state index contributed by atoms with van der Waals surface area (Å²) >= 11 is 11.9. The summed E-state index contributed by atoms with van der Waals surface area (Å²) in [5, 5.41) is 1.26. The fourth-order valence-corrected chi connectivity index (χ4v) is 2.84. The molecule has 1 atom stereocenters. The summed E-state index contributed by atoms with van der Waals surface area (Å²) in [6.45, 7) is 2.09. The Balaban J connectivity index is 2.02. The molecule has 2 aromatic rings. The van der Waals surface area contributed by atoms with E-state index in [-0.39, 0.29) is 5.97 Å². The van der Waals surface area contributed by atoms with Gasteiger partial charge in [-0.2, -0.15) is 0 Å². The molecule has 0 amide bonds. The molecule has 3 nitrogen and oxygen atoms in total. The highest BCUT2D eigenvalue weighted by atomic mass is 35.5. The summed E-state index contributed by atoms with van der Waals surface area (Å²) < 4.78 is 10.9. The summed E-state index contributed by atoms with van der Waals surface area (Å²) in [4.78, 5) is 12.1. The first kappa shape index (κ1) is 15.3. The van der Waals surface area contributed by atoms with E-state index in [4.69, 9.17) is 32.7 Å². The highest BCUT2D eigenvalue weighted by Gasteiger charge is 2.64. The molecule has 0 aliphatic carbocycles. The second-order valence-electron chi connectivity index (χ2n) is 5.00. The first-order valence-electron chi connectivity index (χ1n) is 6.94. The molecule has 2 aromatic carbocycles. The fourth-order valence-electron chi connectivity index (χ4n) is 2.58. The average molecular weight is 337 g/mol. The van der Waals surface area contributed by atoms with Gasteiger partial charge in [-0.1, -0.05) is 47.5 Å². The second kappa shape index (κ2) is 5.92. The van der Waals surface area contributed by atoms with E-state index in [0.717, 1.165) is 11.1 Å². The number of halogens is 2. The van der Waals surface area contributed by atoms with Gasteiger partial charge < -0.3 is 9.47 Å². The number of benzene rings is 2. The molecule has 0 unspecified atom stereocenters. The van der Waals surface area contributed by atoms with Crippen molar-refractivity contribution in [2.24, 2.45) is 0 Å². The van der Waals surface area contributed by atoms with Crippen LogP contribution in [0.25, 0.3) is 0 Å². The number of ether oxygens (including phenoxy) is 2. The minimum atomic E-state index is -0.832. The van der Waals surface area contributed by atoms with Gasteiger partial charge in [-0.3, -0.25) is 0 Å². The van der Waals surface area contributed by atoms with E-state index in [1.807, 2.05) is 24.3 Å². The zero-order chi connectivity index (χ0) is 15.7. The first-order valence-corrected chi connectivity index (χ1v) is 7.70. The van der Waals surface area contributed by atoms with Gasteiger partial charge in [0.05, 0.1) is 6.61 Å². The van der Waals surface area contributed by atoms with Crippen LogP contribution in [0.3, 0.4) is 0 Å². The Morgan fingerprint density at radius 3 is 1.91 bits per heavy atom. The Morgan fingerprint density at radius 1 is 1.05 bits per heavy atom. The molecule has 5 heteroatoms. The van der Waals surface area contributed by atoms with E-state index in [0.29, 0.717) is 16.7 Å². The maximum atomic E-state index is 12.1. The second-order valence-corrected chi connectivity index (χ2v) is 5.87. The number of esters is 1. The predicted octanol–water partition coefficient (Wildman–Crippen LogP) is 4.20. The maximum absolute atomic E-state index is 12.1. The van der Waals surface area contributed by atoms with Gasteiger partial charge in [0.2, 0.25) is 0 Å². The lowest BCUT2D eigenvalue weighted by molar-refractivity contribution is -0.144. The van der Waals surface area contributed by atoms with Crippen LogP contribution in [0.4, 0.5) is 0 Å². The van der Waals surface area contributed by atoms with Gasteiger partial charge >= 0.3 is 5.97 Å².